The highest BCUT2D eigenvalue weighted by Crippen LogP contribution is 2.13. The molecule has 0 spiro atoms. The topological polar surface area (TPSA) is 139 Å². The lowest BCUT2D eigenvalue weighted by Gasteiger charge is -2.11. The molecule has 0 atom stereocenters. The van der Waals surface area contributed by atoms with Gasteiger partial charge in [-0.3, -0.25) is 5.43 Å². The molecule has 0 aliphatic carbocycles. The molecule has 0 saturated heterocycles. The Hall–Kier alpha value is -2.76. The van der Waals surface area contributed by atoms with Crippen LogP contribution in [0.1, 0.15) is 16.1 Å². The highest BCUT2D eigenvalue weighted by molar-refractivity contribution is 7.89. The fourth-order valence-electron chi connectivity index (χ4n) is 1.91. The Morgan fingerprint density at radius 3 is 2.56 bits per heavy atom. The van der Waals surface area contributed by atoms with E-state index in [9.17, 15) is 13.2 Å². The zero-order valence-corrected chi connectivity index (χ0v) is 14.4. The fraction of sp³-hybridized carbons (Fsp3) is 0.0769. The molecule has 0 aliphatic heterocycles. The number of hydrogen-bond donors (Lipinski definition) is 3. The van der Waals surface area contributed by atoms with Crippen molar-refractivity contribution in [1.82, 2.24) is 24.4 Å². The summed E-state index contributed by atoms with van der Waals surface area (Å²) < 4.78 is 25.7. The van der Waals surface area contributed by atoms with Crippen molar-refractivity contribution in [2.75, 3.05) is 5.43 Å². The van der Waals surface area contributed by atoms with Gasteiger partial charge in [-0.05, 0) is 19.1 Å². The smallest absolute Gasteiger partial charge is 0.354 e. The Balaban J connectivity index is 0.00000225. The molecule has 0 amide bonds. The third-order valence-electron chi connectivity index (χ3n) is 3.12. The number of fused-ring (bicyclic) bond motifs is 1. The van der Waals surface area contributed by atoms with Crippen LogP contribution in [0.4, 0.5) is 5.82 Å². The van der Waals surface area contributed by atoms with E-state index in [2.05, 4.69) is 25.3 Å². The molecule has 2 aromatic heterocycles. The number of rotatable bonds is 5. The number of sulfonamides is 1. The molecule has 12 heteroatoms. The van der Waals surface area contributed by atoms with E-state index in [4.69, 9.17) is 5.11 Å². The molecule has 2 heterocycles. The highest BCUT2D eigenvalue weighted by atomic mass is 35.5. The first-order valence-electron chi connectivity index (χ1n) is 6.65. The number of anilines is 1. The molecule has 3 rings (SSSR count). The summed E-state index contributed by atoms with van der Waals surface area (Å²) in [5.41, 5.74) is 3.07. The zero-order chi connectivity index (χ0) is 17.3. The molecular weight excluding hydrogens is 372 g/mol. The zero-order valence-electron chi connectivity index (χ0n) is 12.7. The molecule has 1 aromatic carbocycles. The van der Waals surface area contributed by atoms with Crippen LogP contribution in [-0.4, -0.2) is 39.1 Å². The van der Waals surface area contributed by atoms with E-state index in [1.165, 1.54) is 23.0 Å². The van der Waals surface area contributed by atoms with Crippen LogP contribution in [0.25, 0.3) is 5.78 Å². The van der Waals surface area contributed by atoms with Gasteiger partial charge in [0.05, 0.1) is 4.90 Å². The Kier molecular flexibility index (Phi) is 5.21. The van der Waals surface area contributed by atoms with Crippen molar-refractivity contribution in [3.63, 3.8) is 0 Å². The second-order valence-corrected chi connectivity index (χ2v) is 6.53. The summed E-state index contributed by atoms with van der Waals surface area (Å²) in [6.45, 7) is 1.84. The van der Waals surface area contributed by atoms with Gasteiger partial charge in [0.25, 0.3) is 15.8 Å². The Bertz CT molecular complexity index is 1020. The summed E-state index contributed by atoms with van der Waals surface area (Å²) in [4.78, 5) is 20.9. The summed E-state index contributed by atoms with van der Waals surface area (Å²) in [7, 11) is -3.85. The molecule has 0 radical (unpaired) electrons. The number of nitrogens with one attached hydrogen (secondary N) is 2. The van der Waals surface area contributed by atoms with Crippen molar-refractivity contribution in [2.45, 2.75) is 11.8 Å². The number of hydrogen-bond acceptors (Lipinski definition) is 7. The number of aryl methyl sites for hydroxylation is 1. The van der Waals surface area contributed by atoms with E-state index in [-0.39, 0.29) is 34.6 Å². The average molecular weight is 385 g/mol. The predicted molar refractivity (Wildman–Crippen MR) is 90.1 cm³/mol. The minimum Gasteiger partial charge on any atom is -0.477 e. The number of carboxylic acids is 1. The molecule has 0 aliphatic rings. The average Bonchev–Trinajstić information content (AvgIpc) is 3.01. The number of halogens is 1. The van der Waals surface area contributed by atoms with Crippen LogP contribution in [-0.2, 0) is 10.0 Å². The monoisotopic (exact) mass is 384 g/mol. The molecule has 0 fully saturated rings. The second-order valence-electron chi connectivity index (χ2n) is 4.85. The second kappa shape index (κ2) is 7.01. The molecule has 132 valence electrons. The Labute approximate surface area is 148 Å². The highest BCUT2D eigenvalue weighted by Gasteiger charge is 2.16. The molecule has 3 aromatic rings. The van der Waals surface area contributed by atoms with E-state index in [1.807, 2.05) is 6.92 Å². The molecule has 0 unspecified atom stereocenters. The van der Waals surface area contributed by atoms with Crippen LogP contribution >= 0.6 is 12.4 Å². The normalized spacial score (nSPS) is 11.1. The maximum Gasteiger partial charge on any atom is 0.354 e. The van der Waals surface area contributed by atoms with E-state index >= 15 is 0 Å². The minimum atomic E-state index is -3.85. The van der Waals surface area contributed by atoms with Gasteiger partial charge in [0.2, 0.25) is 0 Å². The molecular formula is C13H13ClN6O4S. The lowest BCUT2D eigenvalue weighted by Crippen LogP contribution is -2.30. The van der Waals surface area contributed by atoms with Crippen molar-refractivity contribution in [3.8, 4) is 0 Å². The van der Waals surface area contributed by atoms with Crippen LogP contribution in [0.15, 0.2) is 41.6 Å². The number of aromatic carboxylic acids is 1. The lowest BCUT2D eigenvalue weighted by atomic mass is 10.2. The molecule has 3 N–H and O–H groups in total. The van der Waals surface area contributed by atoms with Gasteiger partial charge >= 0.3 is 5.97 Å². The first kappa shape index (κ1) is 18.6. The summed E-state index contributed by atoms with van der Waals surface area (Å²) >= 11 is 0. The summed E-state index contributed by atoms with van der Waals surface area (Å²) in [5, 5.41) is 12.9. The number of benzene rings is 1. The molecule has 0 bridgehead atoms. The summed E-state index contributed by atoms with van der Waals surface area (Å²) in [5.74, 6) is -1.19. The number of carbonyl (C=O) groups is 1. The Morgan fingerprint density at radius 1 is 1.24 bits per heavy atom. The van der Waals surface area contributed by atoms with Gasteiger partial charge in [0, 0.05) is 6.07 Å². The summed E-state index contributed by atoms with van der Waals surface area (Å²) in [6.07, 6.45) is 1.17. The van der Waals surface area contributed by atoms with Crippen LogP contribution in [0.5, 0.6) is 0 Å². The van der Waals surface area contributed by atoms with Crippen molar-refractivity contribution in [2.24, 2.45) is 0 Å². The van der Waals surface area contributed by atoms with Crippen LogP contribution in [0, 0.1) is 6.92 Å². The van der Waals surface area contributed by atoms with Crippen LogP contribution < -0.4 is 10.3 Å². The standard InChI is InChI=1S/C13H12N6O4S.ClH/c1-8-2-4-9(5-3-8)24(22,23)18-17-11-6-10(12(20)21)16-13-14-7-15-19(11)13;/h2-7,17-18H,1H3,(H,20,21);1H. The van der Waals surface area contributed by atoms with E-state index < -0.39 is 16.0 Å². The van der Waals surface area contributed by atoms with Gasteiger partial charge in [0.1, 0.15) is 12.1 Å². The lowest BCUT2D eigenvalue weighted by molar-refractivity contribution is 0.0690. The van der Waals surface area contributed by atoms with Gasteiger partial charge in [-0.2, -0.15) is 14.6 Å². The molecule has 0 saturated carbocycles. The van der Waals surface area contributed by atoms with Crippen molar-refractivity contribution in [3.05, 3.63) is 47.9 Å². The number of aromatic nitrogens is 4. The number of carboxylic acid groups (broad SMARTS) is 1. The summed E-state index contributed by atoms with van der Waals surface area (Å²) in [6, 6.07) is 7.39. The van der Waals surface area contributed by atoms with Crippen molar-refractivity contribution < 1.29 is 18.3 Å². The van der Waals surface area contributed by atoms with Gasteiger partial charge in [0.15, 0.2) is 5.69 Å². The largest absolute Gasteiger partial charge is 0.477 e. The maximum atomic E-state index is 12.3. The van der Waals surface area contributed by atoms with Crippen molar-refractivity contribution >= 4 is 40.0 Å². The van der Waals surface area contributed by atoms with Gasteiger partial charge in [-0.1, -0.05) is 17.7 Å². The third kappa shape index (κ3) is 3.84. The maximum absolute atomic E-state index is 12.3. The molecule has 10 nitrogen and oxygen atoms in total. The predicted octanol–water partition coefficient (Wildman–Crippen LogP) is 0.858. The van der Waals surface area contributed by atoms with Gasteiger partial charge < -0.3 is 5.11 Å². The third-order valence-corrected chi connectivity index (χ3v) is 4.38. The van der Waals surface area contributed by atoms with E-state index in [0.717, 1.165) is 11.6 Å². The SMILES string of the molecule is Cc1ccc(S(=O)(=O)NNc2cc(C(=O)O)nc3ncnn23)cc1.Cl. The van der Waals surface area contributed by atoms with E-state index in [0.29, 0.717) is 0 Å². The van der Waals surface area contributed by atoms with Crippen LogP contribution in [0.3, 0.4) is 0 Å². The van der Waals surface area contributed by atoms with Crippen LogP contribution in [0.2, 0.25) is 0 Å². The quantitative estimate of drug-likeness (QED) is 0.550. The minimum absolute atomic E-state index is 0. The molecule has 25 heavy (non-hydrogen) atoms. The number of hydrazine groups is 1. The van der Waals surface area contributed by atoms with Gasteiger partial charge in [-0.15, -0.1) is 17.2 Å². The van der Waals surface area contributed by atoms with Gasteiger partial charge in [-0.25, -0.2) is 18.2 Å². The first-order valence-corrected chi connectivity index (χ1v) is 8.14. The van der Waals surface area contributed by atoms with E-state index in [1.54, 1.807) is 12.1 Å². The fourth-order valence-corrected chi connectivity index (χ4v) is 2.76. The Morgan fingerprint density at radius 2 is 1.92 bits per heavy atom. The van der Waals surface area contributed by atoms with Crippen molar-refractivity contribution in [1.29, 1.82) is 0 Å². The first-order chi connectivity index (χ1) is 11.4. The number of nitrogens with zero attached hydrogens (tertiary/aromatic N) is 4.